The number of aliphatic carboxylic acids is 1. The lowest BCUT2D eigenvalue weighted by Crippen LogP contribution is -2.08. The molecule has 100 valence electrons. The van der Waals surface area contributed by atoms with Crippen LogP contribution >= 0.6 is 23.1 Å². The molecule has 2 N–H and O–H groups in total. The lowest BCUT2D eigenvalue weighted by Gasteiger charge is -2.06. The molecule has 1 aromatic heterocycles. The first kappa shape index (κ1) is 13.6. The van der Waals surface area contributed by atoms with E-state index in [-0.39, 0.29) is 5.75 Å². The Kier molecular flexibility index (Phi) is 5.21. The van der Waals surface area contributed by atoms with E-state index in [1.165, 1.54) is 23.1 Å². The fourth-order valence-corrected chi connectivity index (χ4v) is 3.15. The summed E-state index contributed by atoms with van der Waals surface area (Å²) < 4.78 is 5.99. The van der Waals surface area contributed by atoms with Crippen molar-refractivity contribution in [1.29, 1.82) is 0 Å². The number of nitrogens with zero attached hydrogens (tertiary/aromatic N) is 2. The average Bonchev–Trinajstić information content (AvgIpc) is 2.97. The van der Waals surface area contributed by atoms with Crippen molar-refractivity contribution in [1.82, 2.24) is 10.2 Å². The Labute approximate surface area is 113 Å². The molecule has 0 spiro atoms. The van der Waals surface area contributed by atoms with E-state index < -0.39 is 5.97 Å². The molecular weight excluding hydrogens is 274 g/mol. The van der Waals surface area contributed by atoms with Crippen molar-refractivity contribution in [3.63, 3.8) is 0 Å². The van der Waals surface area contributed by atoms with Gasteiger partial charge in [-0.2, -0.15) is 0 Å². The molecule has 1 atom stereocenters. The lowest BCUT2D eigenvalue weighted by molar-refractivity contribution is -0.133. The zero-order chi connectivity index (χ0) is 12.8. The fraction of sp³-hybridized carbons (Fsp3) is 0.700. The minimum Gasteiger partial charge on any atom is -0.481 e. The molecule has 6 nitrogen and oxygen atoms in total. The molecule has 2 rings (SSSR count). The van der Waals surface area contributed by atoms with Crippen LogP contribution < -0.4 is 5.32 Å². The van der Waals surface area contributed by atoms with Crippen LogP contribution in [0.4, 0.5) is 5.13 Å². The van der Waals surface area contributed by atoms with Gasteiger partial charge in [-0.15, -0.1) is 10.2 Å². The number of carbonyl (C=O) groups is 1. The highest BCUT2D eigenvalue weighted by atomic mass is 32.2. The first-order valence-corrected chi connectivity index (χ1v) is 7.54. The maximum Gasteiger partial charge on any atom is 0.313 e. The van der Waals surface area contributed by atoms with E-state index in [4.69, 9.17) is 9.84 Å². The molecule has 0 bridgehead atoms. The van der Waals surface area contributed by atoms with Crippen molar-refractivity contribution < 1.29 is 14.6 Å². The molecular formula is C10H15N3O3S2. The molecule has 2 heterocycles. The second-order valence-corrected chi connectivity index (χ2v) is 6.20. The zero-order valence-corrected chi connectivity index (χ0v) is 11.4. The van der Waals surface area contributed by atoms with E-state index in [9.17, 15) is 4.79 Å². The van der Waals surface area contributed by atoms with Gasteiger partial charge < -0.3 is 15.2 Å². The number of nitrogens with one attached hydrogen (secondary N) is 1. The van der Waals surface area contributed by atoms with Crippen molar-refractivity contribution in [2.75, 3.05) is 30.8 Å². The van der Waals surface area contributed by atoms with E-state index in [2.05, 4.69) is 15.5 Å². The monoisotopic (exact) mass is 289 g/mol. The molecule has 0 amide bonds. The van der Waals surface area contributed by atoms with E-state index in [1.54, 1.807) is 0 Å². The summed E-state index contributed by atoms with van der Waals surface area (Å²) in [6.45, 7) is 2.59. The van der Waals surface area contributed by atoms with E-state index >= 15 is 0 Å². The molecule has 1 aliphatic heterocycles. The molecule has 0 radical (unpaired) electrons. The third-order valence-electron chi connectivity index (χ3n) is 2.58. The lowest BCUT2D eigenvalue weighted by atomic mass is 10.1. The molecule has 8 heteroatoms. The number of thioether (sulfide) groups is 1. The van der Waals surface area contributed by atoms with Crippen molar-refractivity contribution in [2.24, 2.45) is 5.92 Å². The van der Waals surface area contributed by atoms with E-state index in [0.29, 0.717) is 10.3 Å². The number of ether oxygens (including phenoxy) is 1. The first-order valence-electron chi connectivity index (χ1n) is 5.74. The van der Waals surface area contributed by atoms with Gasteiger partial charge in [-0.3, -0.25) is 4.79 Å². The van der Waals surface area contributed by atoms with Gasteiger partial charge in [-0.05, 0) is 18.8 Å². The molecule has 0 aromatic carbocycles. The standard InChI is InChI=1S/C10H15N3O3S2/c14-8(15)6-17-10-13-12-9(18-10)11-3-1-7-2-4-16-5-7/h7H,1-6H2,(H,11,12)(H,14,15). The van der Waals surface area contributed by atoms with Crippen LogP contribution in [0.15, 0.2) is 4.34 Å². The molecule has 1 aromatic rings. The second kappa shape index (κ2) is 6.91. The Balaban J connectivity index is 1.67. The van der Waals surface area contributed by atoms with Gasteiger partial charge in [0.05, 0.1) is 5.75 Å². The molecule has 1 fully saturated rings. The zero-order valence-electron chi connectivity index (χ0n) is 9.79. The Morgan fingerprint density at radius 3 is 3.22 bits per heavy atom. The summed E-state index contributed by atoms with van der Waals surface area (Å²) >= 11 is 2.59. The number of anilines is 1. The highest BCUT2D eigenvalue weighted by Crippen LogP contribution is 2.25. The topological polar surface area (TPSA) is 84.3 Å². The molecule has 18 heavy (non-hydrogen) atoms. The second-order valence-electron chi connectivity index (χ2n) is 4.00. The molecule has 1 saturated heterocycles. The van der Waals surface area contributed by atoms with Crippen molar-refractivity contribution in [3.8, 4) is 0 Å². The van der Waals surface area contributed by atoms with Gasteiger partial charge in [0.2, 0.25) is 5.13 Å². The SMILES string of the molecule is O=C(O)CSc1nnc(NCCC2CCOC2)s1. The smallest absolute Gasteiger partial charge is 0.313 e. The average molecular weight is 289 g/mol. The Morgan fingerprint density at radius 1 is 1.61 bits per heavy atom. The number of aromatic nitrogens is 2. The molecule has 1 aliphatic rings. The summed E-state index contributed by atoms with van der Waals surface area (Å²) in [5, 5.41) is 20.4. The van der Waals surface area contributed by atoms with Crippen LogP contribution in [0, 0.1) is 5.92 Å². The molecule has 1 unspecified atom stereocenters. The Hall–Kier alpha value is -0.860. The minimum absolute atomic E-state index is 0.0219. The van der Waals surface area contributed by atoms with Gasteiger partial charge in [0.15, 0.2) is 4.34 Å². The van der Waals surface area contributed by atoms with Crippen LogP contribution in [-0.4, -0.2) is 46.8 Å². The number of hydrogen-bond acceptors (Lipinski definition) is 7. The Bertz CT molecular complexity index is 393. The number of hydrogen-bond donors (Lipinski definition) is 2. The van der Waals surface area contributed by atoms with Crippen molar-refractivity contribution >= 4 is 34.2 Å². The number of rotatable bonds is 7. The van der Waals surface area contributed by atoms with Crippen LogP contribution in [0.5, 0.6) is 0 Å². The predicted octanol–water partition coefficient (Wildman–Crippen LogP) is 1.55. The van der Waals surface area contributed by atoms with Crippen LogP contribution in [0.1, 0.15) is 12.8 Å². The van der Waals surface area contributed by atoms with E-state index in [1.807, 2.05) is 0 Å². The van der Waals surface area contributed by atoms with Crippen molar-refractivity contribution in [3.05, 3.63) is 0 Å². The highest BCUT2D eigenvalue weighted by molar-refractivity contribution is 8.01. The van der Waals surface area contributed by atoms with Gasteiger partial charge >= 0.3 is 5.97 Å². The van der Waals surface area contributed by atoms with Gasteiger partial charge in [0, 0.05) is 19.8 Å². The maximum atomic E-state index is 10.4. The van der Waals surface area contributed by atoms with Gasteiger partial charge in [0.1, 0.15) is 0 Å². The van der Waals surface area contributed by atoms with Gasteiger partial charge in [-0.25, -0.2) is 0 Å². The molecule has 0 saturated carbocycles. The maximum absolute atomic E-state index is 10.4. The van der Waals surface area contributed by atoms with Gasteiger partial charge in [0.25, 0.3) is 0 Å². The summed E-state index contributed by atoms with van der Waals surface area (Å²) in [7, 11) is 0. The summed E-state index contributed by atoms with van der Waals surface area (Å²) in [4.78, 5) is 10.4. The van der Waals surface area contributed by atoms with Crippen LogP contribution in [0.2, 0.25) is 0 Å². The van der Waals surface area contributed by atoms with E-state index in [0.717, 1.165) is 37.7 Å². The first-order chi connectivity index (χ1) is 8.74. The van der Waals surface area contributed by atoms with Crippen LogP contribution in [-0.2, 0) is 9.53 Å². The third kappa shape index (κ3) is 4.43. The summed E-state index contributed by atoms with van der Waals surface area (Å²) in [6.07, 6.45) is 2.20. The number of carboxylic acid groups (broad SMARTS) is 1. The Morgan fingerprint density at radius 2 is 2.50 bits per heavy atom. The number of carboxylic acids is 1. The van der Waals surface area contributed by atoms with Crippen molar-refractivity contribution in [2.45, 2.75) is 17.2 Å². The van der Waals surface area contributed by atoms with Crippen LogP contribution in [0.25, 0.3) is 0 Å². The normalized spacial score (nSPS) is 19.0. The fourth-order valence-electron chi connectivity index (χ4n) is 1.66. The quantitative estimate of drug-likeness (QED) is 0.737. The van der Waals surface area contributed by atoms with Gasteiger partial charge in [-0.1, -0.05) is 23.1 Å². The molecule has 0 aliphatic carbocycles. The largest absolute Gasteiger partial charge is 0.481 e. The third-order valence-corrected chi connectivity index (χ3v) is 4.58. The summed E-state index contributed by atoms with van der Waals surface area (Å²) in [5.41, 5.74) is 0. The summed E-state index contributed by atoms with van der Waals surface area (Å²) in [6, 6.07) is 0. The minimum atomic E-state index is -0.842. The van der Waals surface area contributed by atoms with Crippen LogP contribution in [0.3, 0.4) is 0 Å². The summed E-state index contributed by atoms with van der Waals surface area (Å²) in [5.74, 6) is -0.175. The highest BCUT2D eigenvalue weighted by Gasteiger charge is 2.15. The predicted molar refractivity (Wildman–Crippen MR) is 70.3 cm³/mol.